The minimum Gasteiger partial charge on any atom is -0.483 e. The lowest BCUT2D eigenvalue weighted by molar-refractivity contribution is -0.143. The molecule has 0 aliphatic rings. The molecule has 0 radical (unpaired) electrons. The maximum atomic E-state index is 13.2. The van der Waals surface area contributed by atoms with Gasteiger partial charge in [-0.3, -0.25) is 9.59 Å². The summed E-state index contributed by atoms with van der Waals surface area (Å²) >= 11 is 9.37. The smallest absolute Gasteiger partial charge is 0.261 e. The van der Waals surface area contributed by atoms with Crippen LogP contribution in [0.5, 0.6) is 5.75 Å². The van der Waals surface area contributed by atoms with E-state index >= 15 is 0 Å². The first kappa shape index (κ1) is 25.2. The Morgan fingerprint density at radius 1 is 1.16 bits per heavy atom. The van der Waals surface area contributed by atoms with Gasteiger partial charge in [0.2, 0.25) is 5.91 Å². The van der Waals surface area contributed by atoms with Crippen molar-refractivity contribution < 1.29 is 14.3 Å². The monoisotopic (exact) mass is 508 g/mol. The van der Waals surface area contributed by atoms with Crippen LogP contribution in [0.3, 0.4) is 0 Å². The average Bonchev–Trinajstić information content (AvgIpc) is 2.72. The molecular weight excluding hydrogens is 480 g/mol. The molecule has 2 aromatic carbocycles. The van der Waals surface area contributed by atoms with Crippen molar-refractivity contribution >= 4 is 39.3 Å². The Morgan fingerprint density at radius 2 is 1.84 bits per heavy atom. The molecule has 0 aliphatic heterocycles. The van der Waals surface area contributed by atoms with Gasteiger partial charge in [-0.2, -0.15) is 0 Å². The molecule has 0 aromatic heterocycles. The molecule has 2 rings (SSSR count). The average molecular weight is 510 g/mol. The van der Waals surface area contributed by atoms with Crippen LogP contribution in [-0.4, -0.2) is 35.9 Å². The minimum absolute atomic E-state index is 0.149. The van der Waals surface area contributed by atoms with Gasteiger partial charge >= 0.3 is 0 Å². The summed E-state index contributed by atoms with van der Waals surface area (Å²) < 4.78 is 6.40. The summed E-state index contributed by atoms with van der Waals surface area (Å²) in [5, 5.41) is 3.53. The second-order valence-electron chi connectivity index (χ2n) is 7.93. The second kappa shape index (κ2) is 12.1. The van der Waals surface area contributed by atoms with Gasteiger partial charge in [0.15, 0.2) is 6.61 Å². The molecule has 168 valence electrons. The van der Waals surface area contributed by atoms with Crippen molar-refractivity contribution in [1.29, 1.82) is 0 Å². The van der Waals surface area contributed by atoms with Crippen LogP contribution in [0.2, 0.25) is 5.02 Å². The quantitative estimate of drug-likeness (QED) is 0.468. The predicted molar refractivity (Wildman–Crippen MR) is 128 cm³/mol. The Kier molecular flexibility index (Phi) is 9.85. The van der Waals surface area contributed by atoms with Crippen LogP contribution in [0.15, 0.2) is 46.9 Å². The first-order valence-electron chi connectivity index (χ1n) is 10.4. The molecule has 0 spiro atoms. The Labute approximate surface area is 198 Å². The topological polar surface area (TPSA) is 58.6 Å². The molecule has 5 nitrogen and oxygen atoms in total. The number of carbonyl (C=O) groups is 2. The lowest BCUT2D eigenvalue weighted by atomic mass is 10.1. The predicted octanol–water partition coefficient (Wildman–Crippen LogP) is 5.37. The number of halogens is 2. The molecule has 0 saturated heterocycles. The summed E-state index contributed by atoms with van der Waals surface area (Å²) in [7, 11) is 0. The molecule has 0 unspecified atom stereocenters. The molecule has 2 amide bonds. The van der Waals surface area contributed by atoms with Crippen LogP contribution in [0, 0.1) is 12.8 Å². The highest BCUT2D eigenvalue weighted by molar-refractivity contribution is 9.10. The molecule has 1 atom stereocenters. The SMILES string of the molecule is CC[C@@H](C(=O)NCC(C)C)N(Cc1ccc(C)cc1)C(=O)COc1ccc(Cl)cc1Br. The molecule has 0 aliphatic carbocycles. The van der Waals surface area contributed by atoms with E-state index in [1.54, 1.807) is 23.1 Å². The summed E-state index contributed by atoms with van der Waals surface area (Å²) in [6.45, 7) is 8.71. The third kappa shape index (κ3) is 7.86. The maximum absolute atomic E-state index is 13.2. The lowest BCUT2D eigenvalue weighted by Gasteiger charge is -2.31. The van der Waals surface area contributed by atoms with Gasteiger partial charge in [-0.25, -0.2) is 0 Å². The van der Waals surface area contributed by atoms with Crippen LogP contribution >= 0.6 is 27.5 Å². The van der Waals surface area contributed by atoms with Crippen molar-refractivity contribution in [3.63, 3.8) is 0 Å². The number of rotatable bonds is 10. The number of aryl methyl sites for hydroxylation is 1. The van der Waals surface area contributed by atoms with Crippen molar-refractivity contribution in [3.05, 3.63) is 63.1 Å². The van der Waals surface area contributed by atoms with Gasteiger partial charge in [0.25, 0.3) is 5.91 Å². The van der Waals surface area contributed by atoms with Crippen molar-refractivity contribution in [2.45, 2.75) is 46.7 Å². The van der Waals surface area contributed by atoms with E-state index < -0.39 is 6.04 Å². The number of benzene rings is 2. The van der Waals surface area contributed by atoms with Crippen molar-refractivity contribution in [2.75, 3.05) is 13.2 Å². The molecule has 0 saturated carbocycles. The van der Waals surface area contributed by atoms with E-state index in [2.05, 4.69) is 21.2 Å². The Morgan fingerprint density at radius 3 is 2.42 bits per heavy atom. The normalized spacial score (nSPS) is 11.8. The van der Waals surface area contributed by atoms with Gasteiger partial charge in [0.05, 0.1) is 4.47 Å². The van der Waals surface area contributed by atoms with Gasteiger partial charge in [0.1, 0.15) is 11.8 Å². The zero-order chi connectivity index (χ0) is 23.0. The first-order valence-corrected chi connectivity index (χ1v) is 11.6. The number of hydrogen-bond acceptors (Lipinski definition) is 3. The summed E-state index contributed by atoms with van der Waals surface area (Å²) in [6.07, 6.45) is 0.506. The molecule has 1 N–H and O–H groups in total. The number of amides is 2. The first-order chi connectivity index (χ1) is 14.7. The number of nitrogens with zero attached hydrogens (tertiary/aromatic N) is 1. The zero-order valence-electron chi connectivity index (χ0n) is 18.5. The van der Waals surface area contributed by atoms with Crippen molar-refractivity contribution in [3.8, 4) is 5.75 Å². The van der Waals surface area contributed by atoms with Crippen LogP contribution in [-0.2, 0) is 16.1 Å². The Bertz CT molecular complexity index is 887. The van der Waals surface area contributed by atoms with Gasteiger partial charge < -0.3 is 15.0 Å². The molecule has 31 heavy (non-hydrogen) atoms. The molecule has 0 bridgehead atoms. The summed E-state index contributed by atoms with van der Waals surface area (Å²) in [6, 6.07) is 12.5. The minimum atomic E-state index is -0.579. The van der Waals surface area contributed by atoms with Crippen LogP contribution in [0.1, 0.15) is 38.3 Å². The largest absolute Gasteiger partial charge is 0.483 e. The van der Waals surface area contributed by atoms with Gasteiger partial charge in [-0.05, 0) is 59.0 Å². The van der Waals surface area contributed by atoms with Crippen molar-refractivity contribution in [2.24, 2.45) is 5.92 Å². The highest BCUT2D eigenvalue weighted by atomic mass is 79.9. The summed E-state index contributed by atoms with van der Waals surface area (Å²) in [5.41, 5.74) is 2.10. The lowest BCUT2D eigenvalue weighted by Crippen LogP contribution is -2.50. The van der Waals surface area contributed by atoms with Gasteiger partial charge in [-0.15, -0.1) is 0 Å². The fourth-order valence-corrected chi connectivity index (χ4v) is 3.84. The summed E-state index contributed by atoms with van der Waals surface area (Å²) in [4.78, 5) is 27.7. The molecule has 0 fully saturated rings. The molecular formula is C24H30BrClN2O3. The third-order valence-corrected chi connectivity index (χ3v) is 5.64. The third-order valence-electron chi connectivity index (χ3n) is 4.79. The number of hydrogen-bond donors (Lipinski definition) is 1. The number of nitrogens with one attached hydrogen (secondary N) is 1. The van der Waals surface area contributed by atoms with E-state index in [9.17, 15) is 9.59 Å². The van der Waals surface area contributed by atoms with Crippen molar-refractivity contribution in [1.82, 2.24) is 10.2 Å². The molecule has 2 aromatic rings. The van der Waals surface area contributed by atoms with Gasteiger partial charge in [0, 0.05) is 18.1 Å². The zero-order valence-corrected chi connectivity index (χ0v) is 20.8. The maximum Gasteiger partial charge on any atom is 0.261 e. The van der Waals surface area contributed by atoms with Crippen LogP contribution in [0.4, 0.5) is 0 Å². The van der Waals surface area contributed by atoms with Crippen LogP contribution < -0.4 is 10.1 Å². The van der Waals surface area contributed by atoms with E-state index in [-0.39, 0.29) is 18.4 Å². The fraction of sp³-hybridized carbons (Fsp3) is 0.417. The van der Waals surface area contributed by atoms with E-state index in [0.717, 1.165) is 11.1 Å². The number of carbonyl (C=O) groups excluding carboxylic acids is 2. The van der Waals surface area contributed by atoms with Gasteiger partial charge in [-0.1, -0.05) is 62.2 Å². The van der Waals surface area contributed by atoms with E-state index in [4.69, 9.17) is 16.3 Å². The Hall–Kier alpha value is -2.05. The summed E-state index contributed by atoms with van der Waals surface area (Å²) in [5.74, 6) is 0.442. The van der Waals surface area contributed by atoms with E-state index in [0.29, 0.717) is 40.7 Å². The van der Waals surface area contributed by atoms with E-state index in [1.807, 2.05) is 52.0 Å². The molecule has 7 heteroatoms. The highest BCUT2D eigenvalue weighted by Crippen LogP contribution is 2.28. The van der Waals surface area contributed by atoms with E-state index in [1.165, 1.54) is 0 Å². The Balaban J connectivity index is 2.20. The fourth-order valence-electron chi connectivity index (χ4n) is 3.05. The standard InChI is InChI=1S/C24H30BrClN2O3/c1-5-21(24(30)27-13-16(2)3)28(14-18-8-6-17(4)7-9-18)23(29)15-31-22-11-10-19(26)12-20(22)25/h6-12,16,21H,5,13-15H2,1-4H3,(H,27,30)/t21-/m0/s1. The highest BCUT2D eigenvalue weighted by Gasteiger charge is 2.29. The second-order valence-corrected chi connectivity index (χ2v) is 9.22. The number of ether oxygens (including phenoxy) is 1. The molecule has 0 heterocycles. The van der Waals surface area contributed by atoms with Crippen LogP contribution in [0.25, 0.3) is 0 Å².